The van der Waals surface area contributed by atoms with Gasteiger partial charge in [-0.15, -0.1) is 0 Å². The van der Waals surface area contributed by atoms with Gasteiger partial charge in [0.15, 0.2) is 0 Å². The number of hydrogen-bond acceptors (Lipinski definition) is 1. The van der Waals surface area contributed by atoms with E-state index in [9.17, 15) is 8.78 Å². The van der Waals surface area contributed by atoms with Gasteiger partial charge in [-0.3, -0.25) is 0 Å². The first-order valence-corrected chi connectivity index (χ1v) is 9.84. The Bertz CT molecular complexity index is 707. The summed E-state index contributed by atoms with van der Waals surface area (Å²) in [6, 6.07) is 3.54. The van der Waals surface area contributed by atoms with Crippen LogP contribution >= 0.6 is 11.6 Å². The Hall–Kier alpha value is -1.87. The molecule has 0 spiro atoms. The largest absolute Gasteiger partial charge is 0.362 e. The molecule has 1 aromatic carbocycles. The first kappa shape index (κ1) is 23.2. The fourth-order valence-corrected chi connectivity index (χ4v) is 3.44. The molecule has 0 saturated carbocycles. The number of benzene rings is 1. The van der Waals surface area contributed by atoms with E-state index >= 15 is 0 Å². The predicted molar refractivity (Wildman–Crippen MR) is 114 cm³/mol. The number of halogens is 3. The van der Waals surface area contributed by atoms with Crippen molar-refractivity contribution in [3.05, 3.63) is 77.5 Å². The van der Waals surface area contributed by atoms with Crippen LogP contribution in [0.2, 0.25) is 0 Å². The van der Waals surface area contributed by atoms with Crippen LogP contribution in [0.3, 0.4) is 0 Å². The summed E-state index contributed by atoms with van der Waals surface area (Å²) < 4.78 is 27.4. The van der Waals surface area contributed by atoms with Gasteiger partial charge in [0.25, 0.3) is 0 Å². The van der Waals surface area contributed by atoms with Gasteiger partial charge < -0.3 is 5.32 Å². The van der Waals surface area contributed by atoms with Crippen molar-refractivity contribution < 1.29 is 8.78 Å². The summed E-state index contributed by atoms with van der Waals surface area (Å²) in [5.74, 6) is -0.295. The van der Waals surface area contributed by atoms with Crippen LogP contribution in [0.1, 0.15) is 57.1 Å². The lowest BCUT2D eigenvalue weighted by atomic mass is 9.79. The fourth-order valence-electron chi connectivity index (χ4n) is 3.37. The van der Waals surface area contributed by atoms with Gasteiger partial charge in [0, 0.05) is 5.69 Å². The van der Waals surface area contributed by atoms with E-state index in [0.29, 0.717) is 17.9 Å². The minimum absolute atomic E-state index is 0.000958. The number of hydrogen-bond donors (Lipinski definition) is 1. The standard InChI is InChI=1S/C23H30ClF2N/c1-6-17(12-10-11-13-21(24)16(5)25)19(8-3)20-15-22(26)18(7-2)14-23(20)27-9-4/h9-11,13-15,17,19,27H,4-8,12H2,1-3H3/b11-10-,21-13+/t17-,19-/m1/s1. The first-order chi connectivity index (χ1) is 12.9. The lowest BCUT2D eigenvalue weighted by Crippen LogP contribution is -2.14. The van der Waals surface area contributed by atoms with E-state index in [4.69, 9.17) is 11.6 Å². The summed E-state index contributed by atoms with van der Waals surface area (Å²) in [7, 11) is 0. The highest BCUT2D eigenvalue weighted by molar-refractivity contribution is 6.31. The maximum absolute atomic E-state index is 14.5. The summed E-state index contributed by atoms with van der Waals surface area (Å²) in [5.41, 5.74) is 2.57. The Labute approximate surface area is 167 Å². The molecule has 0 bridgehead atoms. The summed E-state index contributed by atoms with van der Waals surface area (Å²) in [5, 5.41) is 3.17. The van der Waals surface area contributed by atoms with E-state index in [1.54, 1.807) is 18.3 Å². The Kier molecular flexibility index (Phi) is 10.1. The number of rotatable bonds is 11. The van der Waals surface area contributed by atoms with E-state index in [1.807, 2.05) is 19.1 Å². The van der Waals surface area contributed by atoms with Gasteiger partial charge in [-0.2, -0.15) is 0 Å². The zero-order valence-corrected chi connectivity index (χ0v) is 17.3. The molecule has 0 aliphatic rings. The monoisotopic (exact) mass is 393 g/mol. The van der Waals surface area contributed by atoms with Gasteiger partial charge >= 0.3 is 0 Å². The molecule has 1 N–H and O–H groups in total. The van der Waals surface area contributed by atoms with Crippen LogP contribution in [0.4, 0.5) is 14.5 Å². The quantitative estimate of drug-likeness (QED) is 0.375. The molecule has 0 saturated heterocycles. The van der Waals surface area contributed by atoms with E-state index in [2.05, 4.69) is 32.3 Å². The van der Waals surface area contributed by atoms with E-state index < -0.39 is 5.83 Å². The Balaban J connectivity index is 3.14. The average molecular weight is 394 g/mol. The van der Waals surface area contributed by atoms with Crippen molar-refractivity contribution in [3.63, 3.8) is 0 Å². The Morgan fingerprint density at radius 2 is 1.96 bits per heavy atom. The molecule has 1 nitrogen and oxygen atoms in total. The molecule has 1 rings (SSSR count). The van der Waals surface area contributed by atoms with Crippen LogP contribution < -0.4 is 5.32 Å². The molecule has 27 heavy (non-hydrogen) atoms. The zero-order chi connectivity index (χ0) is 20.4. The van der Waals surface area contributed by atoms with Crippen molar-refractivity contribution in [2.75, 3.05) is 5.32 Å². The molecule has 0 radical (unpaired) electrons. The van der Waals surface area contributed by atoms with E-state index in [-0.39, 0.29) is 16.8 Å². The zero-order valence-electron chi connectivity index (χ0n) is 16.5. The van der Waals surface area contributed by atoms with Crippen molar-refractivity contribution in [2.24, 2.45) is 5.92 Å². The van der Waals surface area contributed by atoms with Crippen LogP contribution in [0.5, 0.6) is 0 Å². The normalized spacial score (nSPS) is 14.2. The Morgan fingerprint density at radius 1 is 1.26 bits per heavy atom. The summed E-state index contributed by atoms with van der Waals surface area (Å²) in [6.07, 6.45) is 10.1. The molecular formula is C23H30ClF2N. The molecule has 1 aromatic rings. The highest BCUT2D eigenvalue weighted by Gasteiger charge is 2.23. The summed E-state index contributed by atoms with van der Waals surface area (Å²) in [6.45, 7) is 13.1. The molecule has 0 aliphatic heterocycles. The van der Waals surface area contributed by atoms with Crippen molar-refractivity contribution in [1.29, 1.82) is 0 Å². The van der Waals surface area contributed by atoms with Crippen LogP contribution in [0.25, 0.3) is 0 Å². The summed E-state index contributed by atoms with van der Waals surface area (Å²) >= 11 is 5.73. The van der Waals surface area contributed by atoms with E-state index in [0.717, 1.165) is 30.5 Å². The molecule has 0 fully saturated rings. The van der Waals surface area contributed by atoms with Gasteiger partial charge in [0.2, 0.25) is 0 Å². The minimum atomic E-state index is -0.647. The van der Waals surface area contributed by atoms with Crippen LogP contribution in [-0.4, -0.2) is 0 Å². The van der Waals surface area contributed by atoms with Crippen molar-refractivity contribution in [3.8, 4) is 0 Å². The highest BCUT2D eigenvalue weighted by atomic mass is 35.5. The predicted octanol–water partition coefficient (Wildman–Crippen LogP) is 8.02. The molecule has 4 heteroatoms. The summed E-state index contributed by atoms with van der Waals surface area (Å²) in [4.78, 5) is 0. The maximum atomic E-state index is 14.5. The second-order valence-corrected chi connectivity index (χ2v) is 6.91. The van der Waals surface area contributed by atoms with Crippen molar-refractivity contribution >= 4 is 17.3 Å². The SMILES string of the molecule is C=CNc1cc(CC)c(F)cc1[C@H](CC)[C@H](CC)C/C=C\C=C(\Cl)C(=C)F. The number of allylic oxidation sites excluding steroid dienone is 5. The van der Waals surface area contributed by atoms with Gasteiger partial charge in [0.1, 0.15) is 11.6 Å². The van der Waals surface area contributed by atoms with Gasteiger partial charge in [0.05, 0.1) is 5.03 Å². The second-order valence-electron chi connectivity index (χ2n) is 6.50. The van der Waals surface area contributed by atoms with Gasteiger partial charge in [-0.1, -0.05) is 64.1 Å². The van der Waals surface area contributed by atoms with Crippen LogP contribution in [0.15, 0.2) is 60.6 Å². The van der Waals surface area contributed by atoms with E-state index in [1.165, 1.54) is 6.08 Å². The molecule has 0 heterocycles. The lowest BCUT2D eigenvalue weighted by Gasteiger charge is -2.27. The minimum Gasteiger partial charge on any atom is -0.362 e. The highest BCUT2D eigenvalue weighted by Crippen LogP contribution is 2.38. The molecule has 0 amide bonds. The van der Waals surface area contributed by atoms with Crippen molar-refractivity contribution in [1.82, 2.24) is 0 Å². The molecular weight excluding hydrogens is 364 g/mol. The topological polar surface area (TPSA) is 12.0 Å². The average Bonchev–Trinajstić information content (AvgIpc) is 2.65. The molecule has 148 valence electrons. The van der Waals surface area contributed by atoms with Crippen LogP contribution in [0, 0.1) is 11.7 Å². The number of aryl methyl sites for hydroxylation is 1. The third-order valence-electron chi connectivity index (χ3n) is 4.87. The fraction of sp³-hybridized carbons (Fsp3) is 0.391. The molecule has 0 aromatic heterocycles. The first-order valence-electron chi connectivity index (χ1n) is 9.46. The molecule has 2 atom stereocenters. The third kappa shape index (κ3) is 6.66. The molecule has 0 unspecified atom stereocenters. The smallest absolute Gasteiger partial charge is 0.134 e. The maximum Gasteiger partial charge on any atom is 0.134 e. The van der Waals surface area contributed by atoms with Gasteiger partial charge in [-0.25, -0.2) is 8.78 Å². The number of nitrogens with one attached hydrogen (secondary N) is 1. The van der Waals surface area contributed by atoms with Crippen molar-refractivity contribution in [2.45, 2.75) is 52.4 Å². The number of anilines is 1. The Morgan fingerprint density at radius 3 is 2.48 bits per heavy atom. The third-order valence-corrected chi connectivity index (χ3v) is 5.20. The second kappa shape index (κ2) is 11.8. The lowest BCUT2D eigenvalue weighted by molar-refractivity contribution is 0.403. The molecule has 0 aliphatic carbocycles. The van der Waals surface area contributed by atoms with Gasteiger partial charge in [-0.05, 0) is 66.6 Å². The van der Waals surface area contributed by atoms with Crippen LogP contribution in [-0.2, 0) is 6.42 Å².